The lowest BCUT2D eigenvalue weighted by molar-refractivity contribution is -0.385. The largest absolute Gasteiger partial charge is 0.491 e. The van der Waals surface area contributed by atoms with Crippen LogP contribution in [0.5, 0.6) is 5.75 Å². The minimum absolute atomic E-state index is 0.0175. The number of nitro groups is 1. The van der Waals surface area contributed by atoms with Crippen LogP contribution in [0.15, 0.2) is 18.2 Å². The molecule has 1 aromatic rings. The predicted molar refractivity (Wildman–Crippen MR) is 109 cm³/mol. The molecule has 0 aliphatic carbocycles. The summed E-state index contributed by atoms with van der Waals surface area (Å²) in [5, 5.41) is 14.9. The molecule has 4 rings (SSSR count). The van der Waals surface area contributed by atoms with Gasteiger partial charge in [-0.2, -0.15) is 0 Å². The fraction of sp³-hybridized carbons (Fsp3) is 0.579. The van der Waals surface area contributed by atoms with E-state index in [1.165, 1.54) is 6.07 Å². The highest BCUT2D eigenvalue weighted by atomic mass is 32.1. The Morgan fingerprint density at radius 1 is 1.41 bits per heavy atom. The molecule has 156 valence electrons. The second-order valence-corrected chi connectivity index (χ2v) is 8.94. The maximum Gasteiger partial charge on any atom is 0.412 e. The lowest BCUT2D eigenvalue weighted by Gasteiger charge is -2.35. The molecule has 0 spiro atoms. The summed E-state index contributed by atoms with van der Waals surface area (Å²) in [6.07, 6.45) is 0.746. The van der Waals surface area contributed by atoms with E-state index >= 15 is 0 Å². The Hall–Kier alpha value is -2.62. The van der Waals surface area contributed by atoms with Crippen molar-refractivity contribution in [1.82, 2.24) is 15.1 Å². The van der Waals surface area contributed by atoms with Gasteiger partial charge in [0.2, 0.25) is 0 Å². The summed E-state index contributed by atoms with van der Waals surface area (Å²) in [4.78, 5) is 27.0. The molecule has 9 nitrogen and oxygen atoms in total. The number of fused-ring (bicyclic) bond motifs is 2. The quantitative estimate of drug-likeness (QED) is 0.443. The van der Waals surface area contributed by atoms with E-state index in [2.05, 4.69) is 10.2 Å². The Morgan fingerprint density at radius 3 is 2.86 bits per heavy atom. The van der Waals surface area contributed by atoms with Crippen molar-refractivity contribution in [1.29, 1.82) is 0 Å². The summed E-state index contributed by atoms with van der Waals surface area (Å²) in [6, 6.07) is 4.62. The Balaban J connectivity index is 1.51. The number of benzene rings is 1. The number of hydrogen-bond acceptors (Lipinski definition) is 6. The molecule has 1 amide bonds. The number of likely N-dealkylation sites (tertiary alicyclic amines) is 1. The molecule has 3 atom stereocenters. The highest BCUT2D eigenvalue weighted by Crippen LogP contribution is 2.35. The number of non-ortho nitro benzene ring substituents is 1. The van der Waals surface area contributed by atoms with Gasteiger partial charge in [-0.3, -0.25) is 15.0 Å². The fourth-order valence-corrected chi connectivity index (χ4v) is 4.62. The van der Waals surface area contributed by atoms with Gasteiger partial charge in [0.15, 0.2) is 5.11 Å². The topological polar surface area (TPSA) is 97.2 Å². The number of nitrogens with one attached hydrogen (secondary N) is 1. The second-order valence-electron chi connectivity index (χ2n) is 8.55. The highest BCUT2D eigenvalue weighted by Gasteiger charge is 2.50. The molecule has 10 heteroatoms. The van der Waals surface area contributed by atoms with Crippen LogP contribution in [0.3, 0.4) is 0 Å². The summed E-state index contributed by atoms with van der Waals surface area (Å²) >= 11 is 5.56. The van der Waals surface area contributed by atoms with Gasteiger partial charge in [-0.25, -0.2) is 4.79 Å². The van der Waals surface area contributed by atoms with E-state index in [-0.39, 0.29) is 30.0 Å². The summed E-state index contributed by atoms with van der Waals surface area (Å²) in [7, 11) is 0. The molecule has 2 fully saturated rings. The maximum atomic E-state index is 12.6. The fourth-order valence-electron chi connectivity index (χ4n) is 4.21. The van der Waals surface area contributed by atoms with Gasteiger partial charge >= 0.3 is 6.09 Å². The van der Waals surface area contributed by atoms with Gasteiger partial charge in [0.05, 0.1) is 17.0 Å². The summed E-state index contributed by atoms with van der Waals surface area (Å²) < 4.78 is 11.4. The number of ether oxygens (including phenoxy) is 2. The molecule has 3 heterocycles. The molecular formula is C19H24N4O5S. The minimum atomic E-state index is -0.566. The predicted octanol–water partition coefficient (Wildman–Crippen LogP) is 2.42. The van der Waals surface area contributed by atoms with Crippen LogP contribution in [0.25, 0.3) is 0 Å². The Kier molecular flexibility index (Phi) is 4.76. The number of nitrogens with zero attached hydrogens (tertiary/aromatic N) is 3. The van der Waals surface area contributed by atoms with Gasteiger partial charge in [0, 0.05) is 30.7 Å². The van der Waals surface area contributed by atoms with Gasteiger partial charge in [-0.15, -0.1) is 0 Å². The first-order valence-corrected chi connectivity index (χ1v) is 10.0. The first-order chi connectivity index (χ1) is 13.6. The maximum absolute atomic E-state index is 12.6. The van der Waals surface area contributed by atoms with E-state index in [1.807, 2.05) is 20.8 Å². The molecule has 29 heavy (non-hydrogen) atoms. The van der Waals surface area contributed by atoms with E-state index in [0.29, 0.717) is 30.4 Å². The Morgan fingerprint density at radius 2 is 2.17 bits per heavy atom. The van der Waals surface area contributed by atoms with Crippen molar-refractivity contribution in [2.75, 3.05) is 13.2 Å². The van der Waals surface area contributed by atoms with Crippen LogP contribution in [-0.2, 0) is 11.2 Å². The standard InChI is InChI=1S/C19H24N4O5S/c1-19(2,3)28-18(24)21-7-6-14-16(21)20-17(29)22(14)13-9-11-8-12(23(25)26)4-5-15(11)27-10-13/h4-5,8,13-14,16H,6-7,9-10H2,1-3H3,(H,20,29)/t13-,14?,16?/m1/s1. The number of carbonyl (C=O) groups excluding carboxylic acids is 1. The number of carbonyl (C=O) groups is 1. The van der Waals surface area contributed by atoms with Gasteiger partial charge in [0.1, 0.15) is 24.1 Å². The van der Waals surface area contributed by atoms with Crippen molar-refractivity contribution in [3.05, 3.63) is 33.9 Å². The van der Waals surface area contributed by atoms with Crippen LogP contribution >= 0.6 is 12.2 Å². The van der Waals surface area contributed by atoms with Crippen molar-refractivity contribution < 1.29 is 19.2 Å². The lowest BCUT2D eigenvalue weighted by Crippen LogP contribution is -2.49. The first-order valence-electron chi connectivity index (χ1n) is 9.62. The molecule has 0 radical (unpaired) electrons. The molecule has 0 saturated carbocycles. The zero-order valence-electron chi connectivity index (χ0n) is 16.6. The average molecular weight is 420 g/mol. The number of hydrogen-bond donors (Lipinski definition) is 1. The Labute approximate surface area is 174 Å². The van der Waals surface area contributed by atoms with Crippen LogP contribution in [0, 0.1) is 10.1 Å². The molecule has 2 unspecified atom stereocenters. The first kappa shape index (κ1) is 19.7. The zero-order chi connectivity index (χ0) is 20.9. The number of amides is 1. The van der Waals surface area contributed by atoms with Crippen molar-refractivity contribution >= 4 is 29.1 Å². The number of thiocarbonyl (C=S) groups is 1. The SMILES string of the molecule is CC(C)(C)OC(=O)N1CCC2C1NC(=S)N2[C@H]1COc2ccc([N+](=O)[O-])cc2C1. The molecule has 1 aromatic carbocycles. The lowest BCUT2D eigenvalue weighted by atomic mass is 9.99. The van der Waals surface area contributed by atoms with Crippen molar-refractivity contribution in [3.8, 4) is 5.75 Å². The number of rotatable bonds is 2. The molecule has 2 saturated heterocycles. The van der Waals surface area contributed by atoms with E-state index < -0.39 is 10.5 Å². The molecule has 1 N–H and O–H groups in total. The van der Waals surface area contributed by atoms with Gasteiger partial charge in [-0.05, 0) is 45.5 Å². The van der Waals surface area contributed by atoms with Crippen LogP contribution in [0.2, 0.25) is 0 Å². The normalized spacial score (nSPS) is 25.8. The minimum Gasteiger partial charge on any atom is -0.491 e. The van der Waals surface area contributed by atoms with Crippen LogP contribution < -0.4 is 10.1 Å². The molecule has 3 aliphatic heterocycles. The van der Waals surface area contributed by atoms with Gasteiger partial charge in [0.25, 0.3) is 5.69 Å². The summed E-state index contributed by atoms with van der Waals surface area (Å²) in [6.45, 7) is 6.53. The van der Waals surface area contributed by atoms with E-state index in [4.69, 9.17) is 21.7 Å². The summed E-state index contributed by atoms with van der Waals surface area (Å²) in [5.41, 5.74) is 0.275. The van der Waals surface area contributed by atoms with Crippen molar-refractivity contribution in [2.24, 2.45) is 0 Å². The third-order valence-electron chi connectivity index (χ3n) is 5.39. The van der Waals surface area contributed by atoms with Crippen LogP contribution in [0.1, 0.15) is 32.8 Å². The highest BCUT2D eigenvalue weighted by molar-refractivity contribution is 7.80. The van der Waals surface area contributed by atoms with Crippen LogP contribution in [-0.4, -0.2) is 62.9 Å². The van der Waals surface area contributed by atoms with Crippen molar-refractivity contribution in [3.63, 3.8) is 0 Å². The Bertz CT molecular complexity index is 871. The molecular weight excluding hydrogens is 396 g/mol. The smallest absolute Gasteiger partial charge is 0.412 e. The third kappa shape index (κ3) is 3.68. The van der Waals surface area contributed by atoms with Gasteiger partial charge in [-0.1, -0.05) is 0 Å². The third-order valence-corrected chi connectivity index (χ3v) is 5.72. The van der Waals surface area contributed by atoms with Gasteiger partial charge < -0.3 is 19.7 Å². The van der Waals surface area contributed by atoms with E-state index in [1.54, 1.807) is 17.0 Å². The molecule has 0 bridgehead atoms. The zero-order valence-corrected chi connectivity index (χ0v) is 17.4. The average Bonchev–Trinajstić information content (AvgIpc) is 3.16. The molecule has 0 aromatic heterocycles. The van der Waals surface area contributed by atoms with E-state index in [9.17, 15) is 14.9 Å². The summed E-state index contributed by atoms with van der Waals surface area (Å²) in [5.74, 6) is 0.670. The molecule has 3 aliphatic rings. The van der Waals surface area contributed by atoms with Crippen LogP contribution in [0.4, 0.5) is 10.5 Å². The second kappa shape index (κ2) is 7.01. The van der Waals surface area contributed by atoms with Crippen molar-refractivity contribution in [2.45, 2.75) is 57.5 Å². The van der Waals surface area contributed by atoms with E-state index in [0.717, 1.165) is 12.0 Å². The monoisotopic (exact) mass is 420 g/mol. The number of nitro benzene ring substituents is 1.